The molecule has 1 aliphatic carbocycles. The first kappa shape index (κ1) is 17.1. The Morgan fingerprint density at radius 1 is 1.05 bits per heavy atom. The van der Waals surface area contributed by atoms with Gasteiger partial charge >= 0.3 is 0 Å². The minimum atomic E-state index is 0.220. The van der Waals surface area contributed by atoms with E-state index in [1.54, 1.807) is 0 Å². The molecule has 0 aliphatic heterocycles. The Labute approximate surface area is 136 Å². The third-order valence-corrected chi connectivity index (χ3v) is 5.32. The molecule has 3 unspecified atom stereocenters. The lowest BCUT2D eigenvalue weighted by atomic mass is 9.70. The summed E-state index contributed by atoms with van der Waals surface area (Å²) in [6.45, 7) is 4.50. The van der Waals surface area contributed by atoms with Crippen LogP contribution in [0.4, 0.5) is 0 Å². The Morgan fingerprint density at radius 3 is 2.41 bits per heavy atom. The highest BCUT2D eigenvalue weighted by Gasteiger charge is 2.31. The van der Waals surface area contributed by atoms with Crippen LogP contribution in [-0.4, -0.2) is 0 Å². The van der Waals surface area contributed by atoms with Crippen molar-refractivity contribution in [2.75, 3.05) is 0 Å². The second kappa shape index (κ2) is 8.99. The largest absolute Gasteiger partial charge is 0.198 e. The Balaban J connectivity index is 1.98. The van der Waals surface area contributed by atoms with E-state index in [9.17, 15) is 5.26 Å². The summed E-state index contributed by atoms with van der Waals surface area (Å²) in [4.78, 5) is 0. The van der Waals surface area contributed by atoms with E-state index in [1.807, 2.05) is 0 Å². The van der Waals surface area contributed by atoms with Crippen molar-refractivity contribution in [2.24, 2.45) is 11.8 Å². The average Bonchev–Trinajstić information content (AvgIpc) is 2.58. The smallest absolute Gasteiger partial charge is 0.0662 e. The molecule has 0 N–H and O–H groups in total. The molecule has 120 valence electrons. The van der Waals surface area contributed by atoms with Crippen LogP contribution < -0.4 is 0 Å². The van der Waals surface area contributed by atoms with Gasteiger partial charge in [0.1, 0.15) is 0 Å². The Hall–Kier alpha value is -1.29. The SMILES string of the molecule is CCCCc1ccc(C2CCC(CCCC)CC2C#N)cc1. The van der Waals surface area contributed by atoms with E-state index in [-0.39, 0.29) is 5.92 Å². The maximum Gasteiger partial charge on any atom is 0.0662 e. The molecule has 0 amide bonds. The van der Waals surface area contributed by atoms with Crippen molar-refractivity contribution in [3.8, 4) is 6.07 Å². The number of unbranched alkanes of at least 4 members (excludes halogenated alkanes) is 2. The van der Waals surface area contributed by atoms with Crippen molar-refractivity contribution < 1.29 is 0 Å². The second-order valence-corrected chi connectivity index (χ2v) is 7.01. The molecule has 0 radical (unpaired) electrons. The summed E-state index contributed by atoms with van der Waals surface area (Å²) in [6.07, 6.45) is 11.2. The zero-order chi connectivity index (χ0) is 15.8. The summed E-state index contributed by atoms with van der Waals surface area (Å²) >= 11 is 0. The fourth-order valence-electron chi connectivity index (χ4n) is 3.87. The van der Waals surface area contributed by atoms with Gasteiger partial charge in [-0.05, 0) is 55.1 Å². The minimum absolute atomic E-state index is 0.220. The molecule has 1 saturated carbocycles. The van der Waals surface area contributed by atoms with Crippen molar-refractivity contribution in [3.63, 3.8) is 0 Å². The summed E-state index contributed by atoms with van der Waals surface area (Å²) in [6, 6.07) is 11.7. The maximum atomic E-state index is 9.59. The first-order valence-electron chi connectivity index (χ1n) is 9.26. The molecule has 1 aromatic rings. The minimum Gasteiger partial charge on any atom is -0.198 e. The van der Waals surface area contributed by atoms with E-state index < -0.39 is 0 Å². The molecule has 1 aromatic carbocycles. The van der Waals surface area contributed by atoms with Crippen molar-refractivity contribution in [3.05, 3.63) is 35.4 Å². The molecule has 0 heterocycles. The zero-order valence-electron chi connectivity index (χ0n) is 14.4. The summed E-state index contributed by atoms with van der Waals surface area (Å²) in [7, 11) is 0. The lowest BCUT2D eigenvalue weighted by Gasteiger charge is -2.33. The summed E-state index contributed by atoms with van der Waals surface area (Å²) in [5, 5.41) is 9.59. The fourth-order valence-corrected chi connectivity index (χ4v) is 3.87. The van der Waals surface area contributed by atoms with Crippen LogP contribution in [0.5, 0.6) is 0 Å². The number of hydrogen-bond donors (Lipinski definition) is 0. The third kappa shape index (κ3) is 4.60. The van der Waals surface area contributed by atoms with Gasteiger partial charge in [0.25, 0.3) is 0 Å². The van der Waals surface area contributed by atoms with E-state index in [4.69, 9.17) is 0 Å². The van der Waals surface area contributed by atoms with Crippen molar-refractivity contribution in [1.29, 1.82) is 5.26 Å². The number of nitrogens with zero attached hydrogens (tertiary/aromatic N) is 1. The number of hydrogen-bond acceptors (Lipinski definition) is 1. The lowest BCUT2D eigenvalue weighted by Crippen LogP contribution is -2.22. The standard InChI is InChI=1S/C21H31N/c1-3-5-7-17-9-12-19(13-10-17)21-14-11-18(8-6-4-2)15-20(21)16-22/h9-10,12-13,18,20-21H,3-8,11,14-15H2,1-2H3. The highest BCUT2D eigenvalue weighted by molar-refractivity contribution is 5.27. The molecular weight excluding hydrogens is 266 g/mol. The van der Waals surface area contributed by atoms with Crippen LogP contribution in [0.1, 0.15) is 82.3 Å². The lowest BCUT2D eigenvalue weighted by molar-refractivity contribution is 0.258. The van der Waals surface area contributed by atoms with Crippen LogP contribution >= 0.6 is 0 Å². The van der Waals surface area contributed by atoms with Crippen LogP contribution in [0.3, 0.4) is 0 Å². The number of rotatable bonds is 7. The van der Waals surface area contributed by atoms with Crippen LogP contribution in [-0.2, 0) is 6.42 Å². The molecular formula is C21H31N. The van der Waals surface area contributed by atoms with E-state index >= 15 is 0 Å². The molecule has 1 nitrogen and oxygen atoms in total. The van der Waals surface area contributed by atoms with Crippen LogP contribution in [0.15, 0.2) is 24.3 Å². The van der Waals surface area contributed by atoms with E-state index in [0.29, 0.717) is 5.92 Å². The van der Waals surface area contributed by atoms with Gasteiger partial charge in [-0.1, -0.05) is 63.8 Å². The molecule has 0 spiro atoms. The van der Waals surface area contributed by atoms with E-state index in [2.05, 4.69) is 44.2 Å². The van der Waals surface area contributed by atoms with E-state index in [1.165, 1.54) is 62.5 Å². The van der Waals surface area contributed by atoms with E-state index in [0.717, 1.165) is 12.3 Å². The van der Waals surface area contributed by atoms with Crippen molar-refractivity contribution >= 4 is 0 Å². The van der Waals surface area contributed by atoms with Gasteiger partial charge in [-0.25, -0.2) is 0 Å². The van der Waals surface area contributed by atoms with Gasteiger partial charge in [0.2, 0.25) is 0 Å². The first-order valence-corrected chi connectivity index (χ1v) is 9.26. The molecule has 1 heteroatoms. The number of nitriles is 1. The first-order chi connectivity index (χ1) is 10.8. The van der Waals surface area contributed by atoms with Gasteiger partial charge < -0.3 is 0 Å². The Kier molecular flexibility index (Phi) is 6.97. The van der Waals surface area contributed by atoms with Gasteiger partial charge in [-0.15, -0.1) is 0 Å². The Bertz CT molecular complexity index is 468. The van der Waals surface area contributed by atoms with Crippen molar-refractivity contribution in [1.82, 2.24) is 0 Å². The topological polar surface area (TPSA) is 23.8 Å². The molecule has 2 rings (SSSR count). The summed E-state index contributed by atoms with van der Waals surface area (Å²) in [5.74, 6) is 1.46. The quantitative estimate of drug-likeness (QED) is 0.584. The predicted molar refractivity (Wildman–Crippen MR) is 93.8 cm³/mol. The van der Waals surface area contributed by atoms with Gasteiger partial charge in [-0.2, -0.15) is 5.26 Å². The third-order valence-electron chi connectivity index (χ3n) is 5.32. The zero-order valence-corrected chi connectivity index (χ0v) is 14.4. The molecule has 1 fully saturated rings. The highest BCUT2D eigenvalue weighted by atomic mass is 14.4. The molecule has 0 saturated heterocycles. The van der Waals surface area contributed by atoms with Crippen LogP contribution in [0, 0.1) is 23.2 Å². The molecule has 22 heavy (non-hydrogen) atoms. The summed E-state index contributed by atoms with van der Waals surface area (Å²) < 4.78 is 0. The second-order valence-electron chi connectivity index (χ2n) is 7.01. The number of benzene rings is 1. The highest BCUT2D eigenvalue weighted by Crippen LogP contribution is 2.41. The van der Waals surface area contributed by atoms with Crippen molar-refractivity contribution in [2.45, 2.75) is 77.6 Å². The fraction of sp³-hybridized carbons (Fsp3) is 0.667. The van der Waals surface area contributed by atoms with Gasteiger partial charge in [0.15, 0.2) is 0 Å². The molecule has 0 bridgehead atoms. The predicted octanol–water partition coefficient (Wildman–Crippen LogP) is 6.24. The normalized spacial score (nSPS) is 24.9. The molecule has 3 atom stereocenters. The van der Waals surface area contributed by atoms with Gasteiger partial charge in [0.05, 0.1) is 12.0 Å². The van der Waals surface area contributed by atoms with Gasteiger partial charge in [0, 0.05) is 0 Å². The monoisotopic (exact) mass is 297 g/mol. The van der Waals surface area contributed by atoms with Crippen LogP contribution in [0.25, 0.3) is 0 Å². The summed E-state index contributed by atoms with van der Waals surface area (Å²) in [5.41, 5.74) is 2.83. The van der Waals surface area contributed by atoms with Gasteiger partial charge in [-0.3, -0.25) is 0 Å². The average molecular weight is 297 g/mol. The number of aryl methyl sites for hydroxylation is 1. The Morgan fingerprint density at radius 2 is 1.77 bits per heavy atom. The van der Waals surface area contributed by atoms with Crippen LogP contribution in [0.2, 0.25) is 0 Å². The maximum absolute atomic E-state index is 9.59. The molecule has 0 aromatic heterocycles. The molecule has 1 aliphatic rings.